The highest BCUT2D eigenvalue weighted by Crippen LogP contribution is 2.40. The van der Waals surface area contributed by atoms with Gasteiger partial charge in [0.25, 0.3) is 4.96 Å². The highest BCUT2D eigenvalue weighted by Gasteiger charge is 2.36. The summed E-state index contributed by atoms with van der Waals surface area (Å²) in [6.45, 7) is 4.39. The van der Waals surface area contributed by atoms with Crippen LogP contribution in [0.25, 0.3) is 4.96 Å². The summed E-state index contributed by atoms with van der Waals surface area (Å²) in [7, 11) is 0. The summed E-state index contributed by atoms with van der Waals surface area (Å²) in [5, 5.41) is 16.3. The second-order valence-electron chi connectivity index (χ2n) is 5.67. The van der Waals surface area contributed by atoms with E-state index in [1.54, 1.807) is 11.6 Å². The van der Waals surface area contributed by atoms with Crippen LogP contribution in [0.3, 0.4) is 0 Å². The van der Waals surface area contributed by atoms with Crippen molar-refractivity contribution in [1.29, 1.82) is 0 Å². The van der Waals surface area contributed by atoms with Crippen LogP contribution in [0.2, 0.25) is 0 Å². The molecule has 3 rings (SSSR count). The molecular formula is C12H16N4O2S. The van der Waals surface area contributed by atoms with Gasteiger partial charge in [0, 0.05) is 11.4 Å². The van der Waals surface area contributed by atoms with Gasteiger partial charge < -0.3 is 15.4 Å². The first kappa shape index (κ1) is 12.4. The van der Waals surface area contributed by atoms with Gasteiger partial charge in [-0.25, -0.2) is 0 Å². The fraction of sp³-hybridized carbons (Fsp3) is 0.583. The Hall–Kier alpha value is -1.63. The van der Waals surface area contributed by atoms with Gasteiger partial charge in [-0.2, -0.15) is 9.38 Å². The van der Waals surface area contributed by atoms with Crippen molar-refractivity contribution in [1.82, 2.24) is 9.38 Å². The molecule has 0 aromatic carbocycles. The van der Waals surface area contributed by atoms with Crippen molar-refractivity contribution in [2.75, 3.05) is 5.32 Å². The molecule has 2 aromatic heterocycles. The maximum atomic E-state index is 11.2. The van der Waals surface area contributed by atoms with Crippen LogP contribution in [0.1, 0.15) is 33.1 Å². The summed E-state index contributed by atoms with van der Waals surface area (Å²) in [6.07, 6.45) is 5.02. The lowest BCUT2D eigenvalue weighted by Crippen LogP contribution is -2.31. The summed E-state index contributed by atoms with van der Waals surface area (Å²) < 4.78 is 1.54. The maximum Gasteiger partial charge on any atom is 0.372 e. The zero-order valence-electron chi connectivity index (χ0n) is 10.9. The maximum absolute atomic E-state index is 11.2. The minimum atomic E-state index is -0.364. The third-order valence-corrected chi connectivity index (χ3v) is 4.73. The first-order valence-electron chi connectivity index (χ1n) is 6.35. The van der Waals surface area contributed by atoms with Gasteiger partial charge in [-0.15, -0.1) is 0 Å². The van der Waals surface area contributed by atoms with Gasteiger partial charge in [-0.3, -0.25) is 0 Å². The van der Waals surface area contributed by atoms with Gasteiger partial charge >= 0.3 is 5.82 Å². The van der Waals surface area contributed by atoms with Gasteiger partial charge in [-0.1, -0.05) is 31.6 Å². The van der Waals surface area contributed by atoms with Crippen molar-refractivity contribution in [3.05, 3.63) is 21.7 Å². The molecule has 1 aliphatic carbocycles. The standard InChI is InChI=1S/C12H16N4O2S/c1-12(2)5-3-4-8(12)13-9-10(16(17)18)15-6-7-19-11(15)14-9/h6-8,13H,3-5H2,1-2H3. The van der Waals surface area contributed by atoms with Crippen LogP contribution in [-0.4, -0.2) is 20.3 Å². The number of imidazole rings is 1. The Bertz CT molecular complexity index is 631. The molecule has 1 fully saturated rings. The van der Waals surface area contributed by atoms with Crippen molar-refractivity contribution in [2.45, 2.75) is 39.2 Å². The highest BCUT2D eigenvalue weighted by molar-refractivity contribution is 7.15. The van der Waals surface area contributed by atoms with Crippen molar-refractivity contribution in [3.63, 3.8) is 0 Å². The van der Waals surface area contributed by atoms with E-state index in [0.717, 1.165) is 19.3 Å². The van der Waals surface area contributed by atoms with Crippen molar-refractivity contribution < 1.29 is 4.92 Å². The lowest BCUT2D eigenvalue weighted by atomic mass is 9.87. The molecule has 1 atom stereocenters. The van der Waals surface area contributed by atoms with Gasteiger partial charge in [0.1, 0.15) is 6.20 Å². The Kier molecular flexibility index (Phi) is 2.74. The molecule has 0 aliphatic heterocycles. The van der Waals surface area contributed by atoms with Crippen LogP contribution in [0.5, 0.6) is 0 Å². The van der Waals surface area contributed by atoms with E-state index in [0.29, 0.717) is 10.8 Å². The van der Waals surface area contributed by atoms with Gasteiger partial charge in [0.2, 0.25) is 5.82 Å². The summed E-state index contributed by atoms with van der Waals surface area (Å²) in [5.41, 5.74) is 0.158. The summed E-state index contributed by atoms with van der Waals surface area (Å²) in [6, 6.07) is 0.246. The Morgan fingerprint density at radius 2 is 2.42 bits per heavy atom. The van der Waals surface area contributed by atoms with E-state index >= 15 is 0 Å². The predicted octanol–water partition coefficient (Wildman–Crippen LogP) is 3.29. The number of thiazole rings is 1. The third kappa shape index (κ3) is 1.98. The third-order valence-electron chi connectivity index (χ3n) is 3.98. The Balaban J connectivity index is 1.98. The van der Waals surface area contributed by atoms with Crippen LogP contribution < -0.4 is 5.32 Å². The number of hydrogen-bond acceptors (Lipinski definition) is 5. The van der Waals surface area contributed by atoms with E-state index in [1.807, 2.05) is 0 Å². The Labute approximate surface area is 114 Å². The number of nitrogens with zero attached hydrogens (tertiary/aromatic N) is 3. The summed E-state index contributed by atoms with van der Waals surface area (Å²) >= 11 is 1.40. The topological polar surface area (TPSA) is 72.5 Å². The van der Waals surface area contributed by atoms with Crippen molar-refractivity contribution in [3.8, 4) is 0 Å². The molecule has 1 unspecified atom stereocenters. The van der Waals surface area contributed by atoms with Crippen LogP contribution in [0, 0.1) is 15.5 Å². The zero-order chi connectivity index (χ0) is 13.6. The minimum absolute atomic E-state index is 0.0407. The first-order chi connectivity index (χ1) is 8.99. The van der Waals surface area contributed by atoms with Gasteiger partial charge in [0.15, 0.2) is 0 Å². The molecule has 6 nitrogen and oxygen atoms in total. The molecule has 1 N–H and O–H groups in total. The van der Waals surface area contributed by atoms with Crippen molar-refractivity contribution >= 4 is 27.9 Å². The van der Waals surface area contributed by atoms with Crippen LogP contribution in [0.4, 0.5) is 11.6 Å². The fourth-order valence-electron chi connectivity index (χ4n) is 2.80. The monoisotopic (exact) mass is 280 g/mol. The molecule has 7 heteroatoms. The number of hydrogen-bond donors (Lipinski definition) is 1. The lowest BCUT2D eigenvalue weighted by Gasteiger charge is -2.27. The highest BCUT2D eigenvalue weighted by atomic mass is 32.1. The molecule has 2 heterocycles. The van der Waals surface area contributed by atoms with Gasteiger partial charge in [0.05, 0.1) is 0 Å². The summed E-state index contributed by atoms with van der Waals surface area (Å²) in [4.78, 5) is 15.9. The molecule has 1 saturated carbocycles. The molecule has 1 aliphatic rings. The Morgan fingerprint density at radius 3 is 3.05 bits per heavy atom. The number of nitro groups is 1. The smallest absolute Gasteiger partial charge is 0.360 e. The number of aromatic nitrogens is 2. The van der Waals surface area contributed by atoms with Gasteiger partial charge in [-0.05, 0) is 23.2 Å². The molecule has 0 spiro atoms. The normalized spacial score (nSPS) is 21.9. The van der Waals surface area contributed by atoms with E-state index in [1.165, 1.54) is 15.7 Å². The average Bonchev–Trinajstić information content (AvgIpc) is 2.93. The molecule has 0 radical (unpaired) electrons. The molecule has 0 amide bonds. The fourth-order valence-corrected chi connectivity index (χ4v) is 3.51. The SMILES string of the molecule is CC1(C)CCCC1Nc1nc2sccn2c1[N+](=O)[O-]. The number of fused-ring (bicyclic) bond motifs is 1. The second-order valence-corrected chi connectivity index (χ2v) is 6.55. The molecular weight excluding hydrogens is 264 g/mol. The van der Waals surface area contributed by atoms with E-state index < -0.39 is 0 Å². The largest absolute Gasteiger partial charge is 0.372 e. The van der Waals surface area contributed by atoms with Crippen LogP contribution in [-0.2, 0) is 0 Å². The average molecular weight is 280 g/mol. The molecule has 102 valence electrons. The van der Waals surface area contributed by atoms with E-state index in [4.69, 9.17) is 0 Å². The van der Waals surface area contributed by atoms with Crippen LogP contribution in [0.15, 0.2) is 11.6 Å². The van der Waals surface area contributed by atoms with E-state index in [-0.39, 0.29) is 22.2 Å². The predicted molar refractivity (Wildman–Crippen MR) is 74.8 cm³/mol. The number of anilines is 1. The first-order valence-corrected chi connectivity index (χ1v) is 7.23. The Morgan fingerprint density at radius 1 is 1.63 bits per heavy atom. The van der Waals surface area contributed by atoms with Crippen molar-refractivity contribution in [2.24, 2.45) is 5.41 Å². The van der Waals surface area contributed by atoms with E-state index in [9.17, 15) is 10.1 Å². The molecule has 0 bridgehead atoms. The second kappa shape index (κ2) is 4.19. The number of rotatable bonds is 3. The number of nitrogens with one attached hydrogen (secondary N) is 1. The van der Waals surface area contributed by atoms with Crippen LogP contribution >= 0.6 is 11.3 Å². The molecule has 19 heavy (non-hydrogen) atoms. The lowest BCUT2D eigenvalue weighted by molar-refractivity contribution is -0.389. The minimum Gasteiger partial charge on any atom is -0.360 e. The summed E-state index contributed by atoms with van der Waals surface area (Å²) in [5.74, 6) is 0.441. The quantitative estimate of drug-likeness (QED) is 0.691. The molecule has 2 aromatic rings. The van der Waals surface area contributed by atoms with E-state index in [2.05, 4.69) is 24.1 Å². The molecule has 0 saturated heterocycles. The zero-order valence-corrected chi connectivity index (χ0v) is 11.7.